The second-order valence-electron chi connectivity index (χ2n) is 5.67. The van der Waals surface area contributed by atoms with Crippen molar-refractivity contribution in [1.29, 1.82) is 0 Å². The zero-order valence-electron chi connectivity index (χ0n) is 11.8. The molecule has 1 aliphatic rings. The van der Waals surface area contributed by atoms with E-state index in [0.717, 1.165) is 30.4 Å². The van der Waals surface area contributed by atoms with Gasteiger partial charge in [0.05, 0.1) is 0 Å². The first-order chi connectivity index (χ1) is 9.74. The van der Waals surface area contributed by atoms with E-state index in [1.165, 1.54) is 5.56 Å². The average Bonchev–Trinajstić information content (AvgIpc) is 2.47. The van der Waals surface area contributed by atoms with E-state index in [4.69, 9.17) is 4.74 Å². The van der Waals surface area contributed by atoms with Crippen molar-refractivity contribution in [3.8, 4) is 11.5 Å². The van der Waals surface area contributed by atoms with Crippen LogP contribution in [0.3, 0.4) is 0 Å². The third kappa shape index (κ3) is 2.64. The molecule has 3 rings (SSSR count). The smallest absolute Gasteiger partial charge is 0.161 e. The maximum atomic E-state index is 10.4. The second-order valence-corrected chi connectivity index (χ2v) is 5.67. The molecular weight excluding hydrogens is 248 g/mol. The Hall–Kier alpha value is -1.96. The van der Waals surface area contributed by atoms with Gasteiger partial charge in [0.25, 0.3) is 0 Å². The average molecular weight is 268 g/mol. The van der Waals surface area contributed by atoms with Crippen LogP contribution in [0.1, 0.15) is 30.0 Å². The number of phenolic OH excluding ortho intramolecular Hbond substituents is 1. The number of hydrogen-bond acceptors (Lipinski definition) is 2. The number of rotatable bonds is 3. The van der Waals surface area contributed by atoms with Crippen LogP contribution >= 0.6 is 0 Å². The maximum Gasteiger partial charge on any atom is 0.161 e. The molecule has 1 N–H and O–H groups in total. The molecule has 0 saturated heterocycles. The van der Waals surface area contributed by atoms with Crippen LogP contribution in [-0.4, -0.2) is 5.11 Å². The SMILES string of the molecule is C[C@H]1CCc2c(ccc(OCc3ccccc3)c2O)C1. The van der Waals surface area contributed by atoms with E-state index in [9.17, 15) is 5.11 Å². The summed E-state index contributed by atoms with van der Waals surface area (Å²) in [6.07, 6.45) is 3.15. The van der Waals surface area contributed by atoms with Gasteiger partial charge in [0.1, 0.15) is 6.61 Å². The lowest BCUT2D eigenvalue weighted by Crippen LogP contribution is -2.11. The summed E-state index contributed by atoms with van der Waals surface area (Å²) in [6.45, 7) is 2.75. The first-order valence-electron chi connectivity index (χ1n) is 7.24. The number of ether oxygens (including phenoxy) is 1. The van der Waals surface area contributed by atoms with Crippen molar-refractivity contribution in [2.24, 2.45) is 5.92 Å². The molecule has 0 bridgehead atoms. The van der Waals surface area contributed by atoms with E-state index in [0.29, 0.717) is 24.0 Å². The standard InChI is InChI=1S/C18H20O2/c1-13-7-9-16-15(11-13)8-10-17(18(16)19)20-12-14-5-3-2-4-6-14/h2-6,8,10,13,19H,7,9,11-12H2,1H3/t13-/m0/s1. The highest BCUT2D eigenvalue weighted by Crippen LogP contribution is 2.38. The molecule has 104 valence electrons. The fraction of sp³-hybridized carbons (Fsp3) is 0.333. The Kier molecular flexibility index (Phi) is 3.64. The topological polar surface area (TPSA) is 29.5 Å². The second kappa shape index (κ2) is 5.58. The van der Waals surface area contributed by atoms with Gasteiger partial charge in [-0.2, -0.15) is 0 Å². The minimum absolute atomic E-state index is 0.338. The summed E-state index contributed by atoms with van der Waals surface area (Å²) in [5.74, 6) is 1.64. The zero-order chi connectivity index (χ0) is 13.9. The molecule has 0 aromatic heterocycles. The minimum atomic E-state index is 0.338. The van der Waals surface area contributed by atoms with Gasteiger partial charge < -0.3 is 9.84 Å². The normalized spacial score (nSPS) is 17.6. The van der Waals surface area contributed by atoms with Crippen LogP contribution < -0.4 is 4.74 Å². The van der Waals surface area contributed by atoms with Crippen LogP contribution in [0.25, 0.3) is 0 Å². The van der Waals surface area contributed by atoms with Crippen molar-refractivity contribution in [1.82, 2.24) is 0 Å². The number of phenols is 1. The molecule has 0 heterocycles. The third-order valence-electron chi connectivity index (χ3n) is 4.04. The van der Waals surface area contributed by atoms with E-state index >= 15 is 0 Å². The van der Waals surface area contributed by atoms with E-state index in [-0.39, 0.29) is 0 Å². The molecule has 2 aromatic rings. The molecule has 1 aliphatic carbocycles. The highest BCUT2D eigenvalue weighted by Gasteiger charge is 2.20. The van der Waals surface area contributed by atoms with Gasteiger partial charge in [0.15, 0.2) is 11.5 Å². The largest absolute Gasteiger partial charge is 0.504 e. The fourth-order valence-corrected chi connectivity index (χ4v) is 2.85. The summed E-state index contributed by atoms with van der Waals surface area (Å²) in [4.78, 5) is 0. The lowest BCUT2D eigenvalue weighted by molar-refractivity contribution is 0.286. The van der Waals surface area contributed by atoms with Gasteiger partial charge in [-0.05, 0) is 42.4 Å². The first kappa shape index (κ1) is 13.0. The summed E-state index contributed by atoms with van der Waals surface area (Å²) >= 11 is 0. The predicted molar refractivity (Wildman–Crippen MR) is 80.1 cm³/mol. The monoisotopic (exact) mass is 268 g/mol. The van der Waals surface area contributed by atoms with Crippen molar-refractivity contribution in [2.45, 2.75) is 32.8 Å². The molecule has 2 aromatic carbocycles. The molecule has 0 saturated carbocycles. The van der Waals surface area contributed by atoms with Gasteiger partial charge in [-0.3, -0.25) is 0 Å². The highest BCUT2D eigenvalue weighted by molar-refractivity contribution is 5.50. The molecule has 0 aliphatic heterocycles. The number of fused-ring (bicyclic) bond motifs is 1. The van der Waals surface area contributed by atoms with Crippen molar-refractivity contribution in [2.75, 3.05) is 0 Å². The van der Waals surface area contributed by atoms with Crippen LogP contribution in [0, 0.1) is 5.92 Å². The van der Waals surface area contributed by atoms with Crippen LogP contribution in [-0.2, 0) is 19.4 Å². The molecule has 1 atom stereocenters. The maximum absolute atomic E-state index is 10.4. The van der Waals surface area contributed by atoms with Gasteiger partial charge in [-0.1, -0.05) is 43.3 Å². The first-order valence-corrected chi connectivity index (χ1v) is 7.24. The fourth-order valence-electron chi connectivity index (χ4n) is 2.85. The lowest BCUT2D eigenvalue weighted by Gasteiger charge is -2.23. The van der Waals surface area contributed by atoms with Crippen molar-refractivity contribution < 1.29 is 9.84 Å². The Morgan fingerprint density at radius 2 is 1.95 bits per heavy atom. The Bertz CT molecular complexity index is 590. The molecule has 20 heavy (non-hydrogen) atoms. The Balaban J connectivity index is 1.78. The van der Waals surface area contributed by atoms with E-state index in [1.807, 2.05) is 36.4 Å². The van der Waals surface area contributed by atoms with Gasteiger partial charge in [0.2, 0.25) is 0 Å². The lowest BCUT2D eigenvalue weighted by atomic mass is 9.84. The predicted octanol–water partition coefficient (Wildman–Crippen LogP) is 4.10. The molecule has 0 radical (unpaired) electrons. The summed E-state index contributed by atoms with van der Waals surface area (Å²) in [6, 6.07) is 14.0. The molecule has 2 heteroatoms. The summed E-state index contributed by atoms with van der Waals surface area (Å²) in [5.41, 5.74) is 3.46. The molecule has 0 unspecified atom stereocenters. The van der Waals surface area contributed by atoms with Crippen LogP contribution in [0.4, 0.5) is 0 Å². The minimum Gasteiger partial charge on any atom is -0.504 e. The van der Waals surface area contributed by atoms with Gasteiger partial charge in [0, 0.05) is 5.56 Å². The third-order valence-corrected chi connectivity index (χ3v) is 4.04. The summed E-state index contributed by atoms with van der Waals surface area (Å²) < 4.78 is 5.77. The van der Waals surface area contributed by atoms with E-state index in [1.54, 1.807) is 0 Å². The van der Waals surface area contributed by atoms with Gasteiger partial charge >= 0.3 is 0 Å². The van der Waals surface area contributed by atoms with Gasteiger partial charge in [-0.25, -0.2) is 0 Å². The quantitative estimate of drug-likeness (QED) is 0.908. The Morgan fingerprint density at radius 1 is 1.15 bits per heavy atom. The number of benzene rings is 2. The van der Waals surface area contributed by atoms with Crippen molar-refractivity contribution >= 4 is 0 Å². The Labute approximate surface area is 120 Å². The van der Waals surface area contributed by atoms with Crippen LogP contribution in [0.2, 0.25) is 0 Å². The molecule has 0 fully saturated rings. The molecule has 0 amide bonds. The zero-order valence-corrected chi connectivity index (χ0v) is 11.8. The van der Waals surface area contributed by atoms with Gasteiger partial charge in [-0.15, -0.1) is 0 Å². The summed E-state index contributed by atoms with van der Waals surface area (Å²) in [5, 5.41) is 10.4. The van der Waals surface area contributed by atoms with Crippen LogP contribution in [0.5, 0.6) is 11.5 Å². The van der Waals surface area contributed by atoms with Crippen molar-refractivity contribution in [3.63, 3.8) is 0 Å². The Morgan fingerprint density at radius 3 is 2.75 bits per heavy atom. The van der Waals surface area contributed by atoms with E-state index in [2.05, 4.69) is 13.0 Å². The molecular formula is C18H20O2. The molecule has 0 spiro atoms. The highest BCUT2D eigenvalue weighted by atomic mass is 16.5. The summed E-state index contributed by atoms with van der Waals surface area (Å²) in [7, 11) is 0. The van der Waals surface area contributed by atoms with E-state index < -0.39 is 0 Å². The number of aromatic hydroxyl groups is 1. The van der Waals surface area contributed by atoms with Crippen LogP contribution in [0.15, 0.2) is 42.5 Å². The number of hydrogen-bond donors (Lipinski definition) is 1. The molecule has 2 nitrogen and oxygen atoms in total. The van der Waals surface area contributed by atoms with Crippen molar-refractivity contribution in [3.05, 3.63) is 59.2 Å².